The molecule has 3 aromatic rings. The summed E-state index contributed by atoms with van der Waals surface area (Å²) in [6, 6.07) is 12.1. The van der Waals surface area contributed by atoms with Gasteiger partial charge in [0.2, 0.25) is 0 Å². The van der Waals surface area contributed by atoms with Gasteiger partial charge in [-0.05, 0) is 48.9 Å². The maximum atomic E-state index is 13.7. The minimum atomic E-state index is -1.25. The van der Waals surface area contributed by atoms with Gasteiger partial charge in [-0.25, -0.2) is 0 Å². The molecule has 9 nitrogen and oxygen atoms in total. The van der Waals surface area contributed by atoms with Gasteiger partial charge in [0.15, 0.2) is 0 Å². The number of nitro groups is 1. The zero-order valence-electron chi connectivity index (χ0n) is 18.9. The van der Waals surface area contributed by atoms with E-state index in [1.807, 2.05) is 0 Å². The van der Waals surface area contributed by atoms with Crippen LogP contribution in [-0.2, 0) is 4.79 Å². The topological polar surface area (TPSA) is 110 Å². The molecule has 36 heavy (non-hydrogen) atoms. The zero-order valence-corrected chi connectivity index (χ0v) is 21.2. The Balaban J connectivity index is 1.68. The molecule has 2 aliphatic rings. The van der Waals surface area contributed by atoms with E-state index in [1.165, 1.54) is 24.1 Å². The largest absolute Gasteiger partial charge is 0.496 e. The minimum Gasteiger partial charge on any atom is -0.496 e. The molecule has 0 unspecified atom stereocenters. The Hall–Kier alpha value is -3.76. The van der Waals surface area contributed by atoms with Gasteiger partial charge in [0.25, 0.3) is 23.4 Å². The first kappa shape index (κ1) is 24.0. The van der Waals surface area contributed by atoms with E-state index in [1.54, 1.807) is 43.3 Å². The number of methoxy groups -OCH3 is 1. The zero-order chi connectivity index (χ0) is 25.9. The number of halogens is 2. The summed E-state index contributed by atoms with van der Waals surface area (Å²) in [5.74, 6) is -1.74. The van der Waals surface area contributed by atoms with Crippen LogP contribution >= 0.6 is 27.5 Å². The lowest BCUT2D eigenvalue weighted by molar-refractivity contribution is -0.385. The number of carbonyl (C=O) groups is 3. The number of nitro benzene ring substituents is 1. The summed E-state index contributed by atoms with van der Waals surface area (Å²) in [6.45, 7) is 1.76. The Kier molecular flexibility index (Phi) is 5.80. The first-order valence-corrected chi connectivity index (χ1v) is 11.9. The van der Waals surface area contributed by atoms with E-state index in [2.05, 4.69) is 15.9 Å². The molecule has 0 bridgehead atoms. The quantitative estimate of drug-likeness (QED) is 0.183. The van der Waals surface area contributed by atoms with E-state index in [0.717, 1.165) is 11.0 Å². The monoisotopic (exact) mass is 569 g/mol. The summed E-state index contributed by atoms with van der Waals surface area (Å²) < 4.78 is 6.24. The molecule has 0 radical (unpaired) electrons. The van der Waals surface area contributed by atoms with Gasteiger partial charge >= 0.3 is 0 Å². The standard InChI is InChI=1S/C25H17BrClN3O6/c1-12-16(27)6-4-7-17(12)28-21(15-11-13(26)9-10-19(15)36-2)22(25(28)33)29-23(31)14-5-3-8-18(30(34)35)20(14)24(29)32/h3-11,21-22H,1-2H3/t21-,22+/m1/s1. The van der Waals surface area contributed by atoms with Gasteiger partial charge in [-0.3, -0.25) is 34.3 Å². The van der Waals surface area contributed by atoms with Crippen LogP contribution in [0, 0.1) is 17.0 Å². The van der Waals surface area contributed by atoms with Crippen LogP contribution in [0.15, 0.2) is 59.1 Å². The molecule has 0 spiro atoms. The van der Waals surface area contributed by atoms with Crippen molar-refractivity contribution in [3.63, 3.8) is 0 Å². The number of benzene rings is 3. The average molecular weight is 571 g/mol. The van der Waals surface area contributed by atoms with Gasteiger partial charge in [-0.15, -0.1) is 0 Å². The molecule has 2 aliphatic heterocycles. The number of carbonyl (C=O) groups excluding carboxylic acids is 3. The lowest BCUT2D eigenvalue weighted by Gasteiger charge is -2.50. The first-order valence-electron chi connectivity index (χ1n) is 10.7. The number of nitrogens with zero attached hydrogens (tertiary/aromatic N) is 3. The fourth-order valence-corrected chi connectivity index (χ4v) is 5.34. The molecule has 3 aromatic carbocycles. The second-order valence-corrected chi connectivity index (χ2v) is 9.63. The highest BCUT2D eigenvalue weighted by Gasteiger charge is 2.59. The molecule has 5 rings (SSSR count). The van der Waals surface area contributed by atoms with Crippen molar-refractivity contribution in [2.24, 2.45) is 0 Å². The number of anilines is 1. The Morgan fingerprint density at radius 2 is 1.72 bits per heavy atom. The van der Waals surface area contributed by atoms with E-state index >= 15 is 0 Å². The Morgan fingerprint density at radius 1 is 1.00 bits per heavy atom. The summed E-state index contributed by atoms with van der Waals surface area (Å²) in [5, 5.41) is 12.0. The van der Waals surface area contributed by atoms with Crippen LogP contribution in [0.1, 0.15) is 37.9 Å². The van der Waals surface area contributed by atoms with E-state index in [0.29, 0.717) is 32.1 Å². The maximum absolute atomic E-state index is 13.7. The molecule has 1 saturated heterocycles. The number of hydrogen-bond donors (Lipinski definition) is 0. The van der Waals surface area contributed by atoms with E-state index in [9.17, 15) is 24.5 Å². The summed E-state index contributed by atoms with van der Waals surface area (Å²) in [6.07, 6.45) is 0. The van der Waals surface area contributed by atoms with Gasteiger partial charge in [0.05, 0.1) is 23.6 Å². The summed E-state index contributed by atoms with van der Waals surface area (Å²) in [7, 11) is 1.47. The number of imide groups is 1. The van der Waals surface area contributed by atoms with Gasteiger partial charge in [-0.1, -0.05) is 39.7 Å². The third-order valence-electron chi connectivity index (χ3n) is 6.48. The Bertz CT molecular complexity index is 1490. The lowest BCUT2D eigenvalue weighted by Crippen LogP contribution is -2.67. The van der Waals surface area contributed by atoms with Crippen molar-refractivity contribution < 1.29 is 24.0 Å². The van der Waals surface area contributed by atoms with Crippen molar-refractivity contribution in [2.75, 3.05) is 12.0 Å². The molecule has 1 fully saturated rings. The van der Waals surface area contributed by atoms with Crippen LogP contribution in [0.25, 0.3) is 0 Å². The number of amides is 3. The fourth-order valence-electron chi connectivity index (χ4n) is 4.79. The molecule has 0 aliphatic carbocycles. The third kappa shape index (κ3) is 3.40. The van der Waals surface area contributed by atoms with Crippen LogP contribution in [0.3, 0.4) is 0 Å². The van der Waals surface area contributed by atoms with Crippen molar-refractivity contribution in [1.29, 1.82) is 0 Å². The summed E-state index contributed by atoms with van der Waals surface area (Å²) in [4.78, 5) is 53.6. The molecule has 2 heterocycles. The van der Waals surface area contributed by atoms with Gasteiger partial charge in [0.1, 0.15) is 17.4 Å². The number of ether oxygens (including phenoxy) is 1. The van der Waals surface area contributed by atoms with Crippen LogP contribution in [0.4, 0.5) is 11.4 Å². The average Bonchev–Trinajstić information content (AvgIpc) is 3.10. The first-order chi connectivity index (χ1) is 17.2. The van der Waals surface area contributed by atoms with Crippen molar-refractivity contribution in [3.8, 4) is 5.75 Å². The van der Waals surface area contributed by atoms with Gasteiger partial charge < -0.3 is 4.74 Å². The molecule has 11 heteroatoms. The van der Waals surface area contributed by atoms with Gasteiger partial charge in [0, 0.05) is 26.8 Å². The van der Waals surface area contributed by atoms with Crippen LogP contribution in [-0.4, -0.2) is 40.7 Å². The number of β-lactam (4-membered cyclic amide) rings is 1. The summed E-state index contributed by atoms with van der Waals surface area (Å²) >= 11 is 9.77. The molecule has 0 N–H and O–H groups in total. The van der Waals surface area contributed by atoms with E-state index in [-0.39, 0.29) is 11.1 Å². The highest BCUT2D eigenvalue weighted by Crippen LogP contribution is 2.49. The molecule has 0 saturated carbocycles. The van der Waals surface area contributed by atoms with E-state index in [4.69, 9.17) is 16.3 Å². The minimum absolute atomic E-state index is 0.112. The van der Waals surface area contributed by atoms with Gasteiger partial charge in [-0.2, -0.15) is 0 Å². The SMILES string of the molecule is COc1ccc(Br)cc1[C@@H]1[C@H](N2C(=O)c3cccc([N+](=O)[O-])c3C2=O)C(=O)N1c1cccc(Cl)c1C. The smallest absolute Gasteiger partial charge is 0.282 e. The van der Waals surface area contributed by atoms with Crippen molar-refractivity contribution in [3.05, 3.63) is 96.5 Å². The van der Waals surface area contributed by atoms with Crippen LogP contribution < -0.4 is 9.64 Å². The highest BCUT2D eigenvalue weighted by molar-refractivity contribution is 9.10. The molecule has 3 amide bonds. The molecular weight excluding hydrogens is 554 g/mol. The predicted octanol–water partition coefficient (Wildman–Crippen LogP) is 5.08. The summed E-state index contributed by atoms with van der Waals surface area (Å²) in [5.41, 5.74) is 0.777. The molecule has 182 valence electrons. The van der Waals surface area contributed by atoms with Crippen molar-refractivity contribution in [2.45, 2.75) is 19.0 Å². The maximum Gasteiger partial charge on any atom is 0.282 e. The van der Waals surface area contributed by atoms with Crippen LogP contribution in [0.5, 0.6) is 5.75 Å². The normalized spacial score (nSPS) is 18.8. The third-order valence-corrected chi connectivity index (χ3v) is 7.38. The second kappa shape index (κ2) is 8.72. The second-order valence-electron chi connectivity index (χ2n) is 8.31. The fraction of sp³-hybridized carbons (Fsp3) is 0.160. The lowest BCUT2D eigenvalue weighted by atomic mass is 9.85. The predicted molar refractivity (Wildman–Crippen MR) is 134 cm³/mol. The van der Waals surface area contributed by atoms with Crippen molar-refractivity contribution >= 4 is 56.6 Å². The Labute approximate surface area is 218 Å². The van der Waals surface area contributed by atoms with E-state index < -0.39 is 40.4 Å². The number of hydrogen-bond acceptors (Lipinski definition) is 6. The molecule has 2 atom stereocenters. The Morgan fingerprint density at radius 3 is 2.42 bits per heavy atom. The van der Waals surface area contributed by atoms with Crippen LogP contribution in [0.2, 0.25) is 5.02 Å². The molecule has 0 aromatic heterocycles. The van der Waals surface area contributed by atoms with Crippen molar-refractivity contribution in [1.82, 2.24) is 4.90 Å². The number of rotatable bonds is 5. The number of fused-ring (bicyclic) bond motifs is 1. The highest BCUT2D eigenvalue weighted by atomic mass is 79.9. The molecular formula is C25H17BrClN3O6.